The Bertz CT molecular complexity index is 418. The minimum atomic E-state index is -0.902. The van der Waals surface area contributed by atoms with Gasteiger partial charge in [0.2, 0.25) is 0 Å². The summed E-state index contributed by atoms with van der Waals surface area (Å²) in [6.45, 7) is 10.6. The topological polar surface area (TPSA) is 53.4 Å². The number of rotatable bonds is 8. The molecule has 0 unspecified atom stereocenters. The summed E-state index contributed by atoms with van der Waals surface area (Å²) in [5.41, 5.74) is 0.300. The fourth-order valence-electron chi connectivity index (χ4n) is 1.89. The number of pyridine rings is 1. The van der Waals surface area contributed by atoms with Gasteiger partial charge in [-0.25, -0.2) is 9.78 Å². The fourth-order valence-corrected chi connectivity index (χ4v) is 1.89. The van der Waals surface area contributed by atoms with E-state index in [4.69, 9.17) is 5.11 Å². The first kappa shape index (κ1) is 16.5. The molecule has 0 spiro atoms. The summed E-state index contributed by atoms with van der Waals surface area (Å²) in [5.74, 6) is 1.12. The van der Waals surface area contributed by atoms with Gasteiger partial charge in [0.1, 0.15) is 5.82 Å². The molecule has 0 saturated carbocycles. The first-order chi connectivity index (χ1) is 9.40. The van der Waals surface area contributed by atoms with E-state index >= 15 is 0 Å². The summed E-state index contributed by atoms with van der Waals surface area (Å²) < 4.78 is 0. The highest BCUT2D eigenvalue weighted by Gasteiger charge is 2.12. The van der Waals surface area contributed by atoms with Crippen LogP contribution in [-0.4, -0.2) is 29.1 Å². The molecule has 0 saturated heterocycles. The van der Waals surface area contributed by atoms with Gasteiger partial charge >= 0.3 is 5.97 Å². The predicted octanol–water partition coefficient (Wildman–Crippen LogP) is 3.68. The van der Waals surface area contributed by atoms with Gasteiger partial charge in [0.25, 0.3) is 0 Å². The molecule has 0 bridgehead atoms. The maximum absolute atomic E-state index is 11.1. The van der Waals surface area contributed by atoms with E-state index in [0.717, 1.165) is 31.7 Å². The number of anilines is 1. The maximum atomic E-state index is 11.1. The molecule has 0 radical (unpaired) electrons. The van der Waals surface area contributed by atoms with Gasteiger partial charge in [0, 0.05) is 19.3 Å². The minimum absolute atomic E-state index is 0.300. The van der Waals surface area contributed by atoms with Crippen LogP contribution in [0.4, 0.5) is 5.82 Å². The van der Waals surface area contributed by atoms with Crippen LogP contribution in [0.3, 0.4) is 0 Å². The van der Waals surface area contributed by atoms with Gasteiger partial charge in [0.05, 0.1) is 5.56 Å². The van der Waals surface area contributed by atoms with Crippen molar-refractivity contribution in [2.45, 2.75) is 40.5 Å². The highest BCUT2D eigenvalue weighted by molar-refractivity contribution is 5.88. The predicted molar refractivity (Wildman–Crippen MR) is 82.3 cm³/mol. The van der Waals surface area contributed by atoms with Crippen LogP contribution in [0.2, 0.25) is 0 Å². The molecular weight excluding hydrogens is 252 g/mol. The Hall–Kier alpha value is -1.58. The molecule has 0 amide bonds. The lowest BCUT2D eigenvalue weighted by molar-refractivity contribution is 0.0697. The number of carbonyl (C=O) groups is 1. The van der Waals surface area contributed by atoms with Crippen LogP contribution in [0.5, 0.6) is 0 Å². The van der Waals surface area contributed by atoms with Gasteiger partial charge in [-0.3, -0.25) is 0 Å². The lowest BCUT2D eigenvalue weighted by Crippen LogP contribution is -2.28. The molecule has 0 aliphatic heterocycles. The standard InChI is InChI=1S/C16H26N2O2/c1-12(2)6-9-18(10-7-13(3)4)15-11-14(16(19)20)5-8-17-15/h5,8,11-13H,6-7,9-10H2,1-4H3,(H,19,20). The van der Waals surface area contributed by atoms with Crippen LogP contribution in [0.15, 0.2) is 18.3 Å². The lowest BCUT2D eigenvalue weighted by Gasteiger charge is -2.25. The van der Waals surface area contributed by atoms with E-state index in [1.807, 2.05) is 0 Å². The van der Waals surface area contributed by atoms with Gasteiger partial charge in [0.15, 0.2) is 0 Å². The molecule has 4 nitrogen and oxygen atoms in total. The largest absolute Gasteiger partial charge is 0.478 e. The van der Waals surface area contributed by atoms with Gasteiger partial charge in [-0.2, -0.15) is 0 Å². The highest BCUT2D eigenvalue weighted by Crippen LogP contribution is 2.16. The second-order valence-corrected chi connectivity index (χ2v) is 6.06. The first-order valence-corrected chi connectivity index (χ1v) is 7.34. The molecule has 0 aromatic carbocycles. The number of carboxylic acids is 1. The third-order valence-electron chi connectivity index (χ3n) is 3.27. The molecule has 1 aromatic rings. The van der Waals surface area contributed by atoms with Gasteiger partial charge in [-0.15, -0.1) is 0 Å². The second-order valence-electron chi connectivity index (χ2n) is 6.06. The number of hydrogen-bond donors (Lipinski definition) is 1. The Morgan fingerprint density at radius 3 is 2.20 bits per heavy atom. The Morgan fingerprint density at radius 1 is 1.20 bits per heavy atom. The molecule has 112 valence electrons. The van der Waals surface area contributed by atoms with Gasteiger partial charge in [-0.05, 0) is 36.8 Å². The third-order valence-corrected chi connectivity index (χ3v) is 3.27. The van der Waals surface area contributed by atoms with E-state index in [-0.39, 0.29) is 0 Å². The summed E-state index contributed by atoms with van der Waals surface area (Å²) >= 11 is 0. The van der Waals surface area contributed by atoms with Crippen LogP contribution in [-0.2, 0) is 0 Å². The molecule has 0 atom stereocenters. The number of hydrogen-bond acceptors (Lipinski definition) is 3. The summed E-state index contributed by atoms with van der Waals surface area (Å²) in [6.07, 6.45) is 3.74. The van der Waals surface area contributed by atoms with E-state index in [9.17, 15) is 4.79 Å². The van der Waals surface area contributed by atoms with E-state index < -0.39 is 5.97 Å². The zero-order valence-corrected chi connectivity index (χ0v) is 13.0. The molecule has 1 rings (SSSR count). The van der Waals surface area contributed by atoms with Crippen molar-refractivity contribution < 1.29 is 9.90 Å². The Kier molecular flexibility index (Phi) is 6.49. The van der Waals surface area contributed by atoms with Crippen LogP contribution >= 0.6 is 0 Å². The summed E-state index contributed by atoms with van der Waals surface area (Å²) in [6, 6.07) is 3.21. The van der Waals surface area contributed by atoms with Crippen molar-refractivity contribution in [3.05, 3.63) is 23.9 Å². The summed E-state index contributed by atoms with van der Waals surface area (Å²) in [7, 11) is 0. The third kappa shape index (κ3) is 5.59. The molecule has 1 aromatic heterocycles. The molecule has 4 heteroatoms. The van der Waals surface area contributed by atoms with E-state index in [1.165, 1.54) is 6.07 Å². The smallest absolute Gasteiger partial charge is 0.335 e. The van der Waals surface area contributed by atoms with Crippen LogP contribution in [0.1, 0.15) is 50.9 Å². The number of aromatic nitrogens is 1. The monoisotopic (exact) mass is 278 g/mol. The molecule has 20 heavy (non-hydrogen) atoms. The zero-order chi connectivity index (χ0) is 15.1. The minimum Gasteiger partial charge on any atom is -0.478 e. The van der Waals surface area contributed by atoms with Gasteiger partial charge < -0.3 is 10.0 Å². The summed E-state index contributed by atoms with van der Waals surface area (Å²) in [5, 5.41) is 9.08. The lowest BCUT2D eigenvalue weighted by atomic mass is 10.1. The second kappa shape index (κ2) is 7.88. The average Bonchev–Trinajstić information content (AvgIpc) is 2.38. The normalized spacial score (nSPS) is 11.1. The SMILES string of the molecule is CC(C)CCN(CCC(C)C)c1cc(C(=O)O)ccn1. The summed E-state index contributed by atoms with van der Waals surface area (Å²) in [4.78, 5) is 17.6. The highest BCUT2D eigenvalue weighted by atomic mass is 16.4. The van der Waals surface area contributed by atoms with E-state index in [1.54, 1.807) is 12.3 Å². The quantitative estimate of drug-likeness (QED) is 0.788. The Balaban J connectivity index is 2.84. The first-order valence-electron chi connectivity index (χ1n) is 7.34. The number of carboxylic acid groups (broad SMARTS) is 1. The Morgan fingerprint density at radius 2 is 1.75 bits per heavy atom. The molecule has 0 fully saturated rings. The molecule has 0 aliphatic rings. The number of nitrogens with zero attached hydrogens (tertiary/aromatic N) is 2. The van der Waals surface area contributed by atoms with Crippen LogP contribution < -0.4 is 4.90 Å². The van der Waals surface area contributed by atoms with Crippen molar-refractivity contribution in [1.29, 1.82) is 0 Å². The molecule has 1 heterocycles. The maximum Gasteiger partial charge on any atom is 0.335 e. The van der Waals surface area contributed by atoms with Crippen molar-refractivity contribution in [3.63, 3.8) is 0 Å². The number of aromatic carboxylic acids is 1. The Labute approximate surface area is 121 Å². The average molecular weight is 278 g/mol. The van der Waals surface area contributed by atoms with E-state index in [0.29, 0.717) is 17.4 Å². The van der Waals surface area contributed by atoms with Crippen LogP contribution in [0, 0.1) is 11.8 Å². The van der Waals surface area contributed by atoms with Crippen molar-refractivity contribution in [2.24, 2.45) is 11.8 Å². The van der Waals surface area contributed by atoms with E-state index in [2.05, 4.69) is 37.6 Å². The molecule has 0 aliphatic carbocycles. The van der Waals surface area contributed by atoms with Crippen molar-refractivity contribution in [3.8, 4) is 0 Å². The van der Waals surface area contributed by atoms with Crippen molar-refractivity contribution in [1.82, 2.24) is 4.98 Å². The molecular formula is C16H26N2O2. The van der Waals surface area contributed by atoms with Gasteiger partial charge in [-0.1, -0.05) is 27.7 Å². The molecule has 1 N–H and O–H groups in total. The van der Waals surface area contributed by atoms with Crippen molar-refractivity contribution in [2.75, 3.05) is 18.0 Å². The van der Waals surface area contributed by atoms with Crippen LogP contribution in [0.25, 0.3) is 0 Å². The zero-order valence-electron chi connectivity index (χ0n) is 13.0. The van der Waals surface area contributed by atoms with Crippen molar-refractivity contribution >= 4 is 11.8 Å². The fraction of sp³-hybridized carbons (Fsp3) is 0.625.